The first-order valence-electron chi connectivity index (χ1n) is 7.23. The van der Waals surface area contributed by atoms with Gasteiger partial charge in [-0.2, -0.15) is 0 Å². The van der Waals surface area contributed by atoms with E-state index >= 15 is 0 Å². The molecule has 0 radical (unpaired) electrons. The third-order valence-corrected chi connectivity index (χ3v) is 3.78. The molecule has 126 valence electrons. The van der Waals surface area contributed by atoms with E-state index in [2.05, 4.69) is 10.6 Å². The summed E-state index contributed by atoms with van der Waals surface area (Å²) in [6.07, 6.45) is 1.20. The molecule has 0 aliphatic heterocycles. The van der Waals surface area contributed by atoms with Crippen LogP contribution in [0, 0.1) is 0 Å². The van der Waals surface area contributed by atoms with Crippen LogP contribution < -0.4 is 16.1 Å². The molecule has 0 saturated heterocycles. The molecule has 0 aliphatic rings. The first-order chi connectivity index (χ1) is 12.0. The average Bonchev–Trinajstić information content (AvgIpc) is 2.60. The summed E-state index contributed by atoms with van der Waals surface area (Å²) in [4.78, 5) is 24.3. The van der Waals surface area contributed by atoms with Crippen molar-refractivity contribution < 1.29 is 9.21 Å². The Morgan fingerprint density at radius 1 is 0.880 bits per heavy atom. The van der Waals surface area contributed by atoms with Crippen molar-refractivity contribution in [3.8, 4) is 0 Å². The first kappa shape index (κ1) is 17.1. The predicted molar refractivity (Wildman–Crippen MR) is 99.1 cm³/mol. The zero-order valence-electron chi connectivity index (χ0n) is 12.8. The van der Waals surface area contributed by atoms with Gasteiger partial charge in [-0.3, -0.25) is 9.59 Å². The van der Waals surface area contributed by atoms with Crippen LogP contribution in [0.4, 0.5) is 17.1 Å². The van der Waals surface area contributed by atoms with Crippen molar-refractivity contribution in [2.45, 2.75) is 0 Å². The summed E-state index contributed by atoms with van der Waals surface area (Å²) in [6, 6.07) is 14.6. The summed E-state index contributed by atoms with van der Waals surface area (Å²) in [5.74, 6) is -0.626. The number of rotatable bonds is 4. The van der Waals surface area contributed by atoms with E-state index in [4.69, 9.17) is 27.6 Å². The van der Waals surface area contributed by atoms with E-state index in [9.17, 15) is 9.59 Å². The van der Waals surface area contributed by atoms with E-state index in [0.717, 1.165) is 6.07 Å². The Hall–Kier alpha value is -2.76. The molecule has 2 N–H and O–H groups in total. The number of carbonyl (C=O) groups is 1. The van der Waals surface area contributed by atoms with Crippen molar-refractivity contribution in [3.63, 3.8) is 0 Å². The van der Waals surface area contributed by atoms with Gasteiger partial charge in [0.2, 0.25) is 5.43 Å². The monoisotopic (exact) mass is 374 g/mol. The van der Waals surface area contributed by atoms with Crippen LogP contribution in [0.2, 0.25) is 10.0 Å². The highest BCUT2D eigenvalue weighted by molar-refractivity contribution is 6.30. The molecule has 0 saturated carbocycles. The smallest absolute Gasteiger partial charge is 0.291 e. The van der Waals surface area contributed by atoms with Crippen molar-refractivity contribution in [2.75, 3.05) is 10.6 Å². The molecule has 1 heterocycles. The first-order valence-corrected chi connectivity index (χ1v) is 7.99. The molecule has 3 rings (SSSR count). The van der Waals surface area contributed by atoms with Gasteiger partial charge in [0.25, 0.3) is 5.91 Å². The molecule has 3 aromatic rings. The van der Waals surface area contributed by atoms with Crippen LogP contribution in [0.1, 0.15) is 10.6 Å². The second kappa shape index (κ2) is 7.42. The summed E-state index contributed by atoms with van der Waals surface area (Å²) in [7, 11) is 0. The molecule has 0 bridgehead atoms. The van der Waals surface area contributed by atoms with Gasteiger partial charge in [-0.05, 0) is 48.5 Å². The number of hydrogen-bond donors (Lipinski definition) is 2. The molecule has 2 aromatic carbocycles. The largest absolute Gasteiger partial charge is 0.457 e. The average molecular weight is 375 g/mol. The van der Waals surface area contributed by atoms with Crippen molar-refractivity contribution in [1.29, 1.82) is 0 Å². The van der Waals surface area contributed by atoms with Crippen LogP contribution in [0.25, 0.3) is 0 Å². The van der Waals surface area contributed by atoms with Crippen LogP contribution >= 0.6 is 23.2 Å². The van der Waals surface area contributed by atoms with E-state index in [1.54, 1.807) is 48.5 Å². The van der Waals surface area contributed by atoms with Crippen LogP contribution in [0.3, 0.4) is 0 Å². The van der Waals surface area contributed by atoms with E-state index in [0.29, 0.717) is 21.4 Å². The van der Waals surface area contributed by atoms with Crippen molar-refractivity contribution in [2.24, 2.45) is 0 Å². The van der Waals surface area contributed by atoms with Gasteiger partial charge in [-0.15, -0.1) is 0 Å². The maximum atomic E-state index is 12.2. The van der Waals surface area contributed by atoms with Gasteiger partial charge in [-0.25, -0.2) is 0 Å². The minimum atomic E-state index is -0.530. The predicted octanol–water partition coefficient (Wildman–Crippen LogP) is 4.94. The van der Waals surface area contributed by atoms with Crippen LogP contribution in [0.5, 0.6) is 0 Å². The molecule has 5 nitrogen and oxygen atoms in total. The van der Waals surface area contributed by atoms with Gasteiger partial charge in [0.1, 0.15) is 12.0 Å². The number of carbonyl (C=O) groups excluding carboxylic acids is 1. The van der Waals surface area contributed by atoms with Crippen molar-refractivity contribution >= 4 is 46.2 Å². The molecule has 0 aliphatic carbocycles. The van der Waals surface area contributed by atoms with Crippen LogP contribution in [0.15, 0.2) is 70.1 Å². The molecule has 0 atom stereocenters. The minimum absolute atomic E-state index is 0.0957. The summed E-state index contributed by atoms with van der Waals surface area (Å²) in [5, 5.41) is 6.68. The zero-order valence-corrected chi connectivity index (χ0v) is 14.3. The Morgan fingerprint density at radius 3 is 2.00 bits per heavy atom. The summed E-state index contributed by atoms with van der Waals surface area (Å²) in [5.41, 5.74) is 1.06. The molecule has 0 unspecified atom stereocenters. The molecule has 0 fully saturated rings. The van der Waals surface area contributed by atoms with E-state index in [1.807, 2.05) is 0 Å². The zero-order chi connectivity index (χ0) is 17.8. The SMILES string of the molecule is O=C(Nc1ccc(Cl)cc1)c1cc(=O)c(Nc2ccc(Cl)cc2)co1. The summed E-state index contributed by atoms with van der Waals surface area (Å²) < 4.78 is 5.27. The summed E-state index contributed by atoms with van der Waals surface area (Å²) in [6.45, 7) is 0. The van der Waals surface area contributed by atoms with E-state index < -0.39 is 5.91 Å². The maximum Gasteiger partial charge on any atom is 0.291 e. The third-order valence-electron chi connectivity index (χ3n) is 3.28. The number of anilines is 3. The second-order valence-electron chi connectivity index (χ2n) is 5.12. The van der Waals surface area contributed by atoms with E-state index in [-0.39, 0.29) is 16.9 Å². The van der Waals surface area contributed by atoms with Gasteiger partial charge in [0, 0.05) is 27.5 Å². The fourth-order valence-electron chi connectivity index (χ4n) is 2.04. The third kappa shape index (κ3) is 4.41. The second-order valence-corrected chi connectivity index (χ2v) is 5.99. The maximum absolute atomic E-state index is 12.2. The lowest BCUT2D eigenvalue weighted by Gasteiger charge is -2.07. The minimum Gasteiger partial charge on any atom is -0.457 e. The lowest BCUT2D eigenvalue weighted by atomic mass is 10.3. The van der Waals surface area contributed by atoms with Gasteiger partial charge < -0.3 is 15.1 Å². The van der Waals surface area contributed by atoms with Crippen molar-refractivity contribution in [3.05, 3.63) is 86.9 Å². The lowest BCUT2D eigenvalue weighted by molar-refractivity contribution is 0.0994. The molecular formula is C18H12Cl2N2O3. The Bertz CT molecular complexity index is 951. The number of halogens is 2. The van der Waals surface area contributed by atoms with Crippen LogP contribution in [-0.2, 0) is 0 Å². The van der Waals surface area contributed by atoms with Crippen LogP contribution in [-0.4, -0.2) is 5.91 Å². The lowest BCUT2D eigenvalue weighted by Crippen LogP contribution is -2.16. The van der Waals surface area contributed by atoms with Gasteiger partial charge in [-0.1, -0.05) is 23.2 Å². The Kier molecular flexibility index (Phi) is 5.07. The van der Waals surface area contributed by atoms with Crippen molar-refractivity contribution in [1.82, 2.24) is 0 Å². The van der Waals surface area contributed by atoms with Gasteiger partial charge >= 0.3 is 0 Å². The molecule has 1 amide bonds. The fraction of sp³-hybridized carbons (Fsp3) is 0. The Balaban J connectivity index is 1.74. The standard InChI is InChI=1S/C18H12Cl2N2O3/c19-11-1-5-13(6-2-11)21-15-10-25-17(9-16(15)23)18(24)22-14-7-3-12(20)4-8-14/h1-10,21H,(H,22,24). The number of hydrogen-bond acceptors (Lipinski definition) is 4. The molecule has 1 aromatic heterocycles. The molecule has 0 spiro atoms. The topological polar surface area (TPSA) is 71.3 Å². The number of amides is 1. The highest BCUT2D eigenvalue weighted by Crippen LogP contribution is 2.18. The van der Waals surface area contributed by atoms with Gasteiger partial charge in [0.05, 0.1) is 0 Å². The van der Waals surface area contributed by atoms with E-state index in [1.165, 1.54) is 6.26 Å². The Morgan fingerprint density at radius 2 is 1.44 bits per heavy atom. The number of benzene rings is 2. The Labute approximate surface area is 153 Å². The van der Waals surface area contributed by atoms with Gasteiger partial charge in [0.15, 0.2) is 5.76 Å². The highest BCUT2D eigenvalue weighted by Gasteiger charge is 2.12. The summed E-state index contributed by atoms with van der Waals surface area (Å²) >= 11 is 11.6. The molecular weight excluding hydrogens is 363 g/mol. The highest BCUT2D eigenvalue weighted by atomic mass is 35.5. The quantitative estimate of drug-likeness (QED) is 0.678. The number of nitrogens with one attached hydrogen (secondary N) is 2. The normalized spacial score (nSPS) is 10.3. The fourth-order valence-corrected chi connectivity index (χ4v) is 2.29. The molecule has 7 heteroatoms. The molecule has 25 heavy (non-hydrogen) atoms.